The van der Waals surface area contributed by atoms with E-state index in [9.17, 15) is 18.4 Å². The molecule has 0 aliphatic rings. The van der Waals surface area contributed by atoms with Crippen molar-refractivity contribution in [3.05, 3.63) is 70.5 Å². The molecule has 1 atom stereocenters. The van der Waals surface area contributed by atoms with Gasteiger partial charge in [0.05, 0.1) is 22.4 Å². The maximum absolute atomic E-state index is 13.8. The highest BCUT2D eigenvalue weighted by atomic mass is 35.5. The predicted octanol–water partition coefficient (Wildman–Crippen LogP) is 3.97. The van der Waals surface area contributed by atoms with Crippen molar-refractivity contribution in [2.75, 3.05) is 11.1 Å². The van der Waals surface area contributed by atoms with Crippen LogP contribution >= 0.6 is 23.4 Å². The van der Waals surface area contributed by atoms with Crippen LogP contribution in [0.5, 0.6) is 0 Å². The molecule has 0 bridgehead atoms. The van der Waals surface area contributed by atoms with E-state index in [1.165, 1.54) is 30.3 Å². The van der Waals surface area contributed by atoms with Gasteiger partial charge in [-0.05, 0) is 37.3 Å². The van der Waals surface area contributed by atoms with Crippen molar-refractivity contribution in [2.24, 2.45) is 7.05 Å². The van der Waals surface area contributed by atoms with Crippen LogP contribution in [0.3, 0.4) is 0 Å². The second kappa shape index (κ2) is 9.88. The molecule has 31 heavy (non-hydrogen) atoms. The van der Waals surface area contributed by atoms with Gasteiger partial charge in [-0.2, -0.15) is 0 Å². The van der Waals surface area contributed by atoms with Crippen molar-refractivity contribution in [1.82, 2.24) is 20.1 Å². The second-order valence-corrected chi connectivity index (χ2v) is 7.89. The lowest BCUT2D eigenvalue weighted by atomic mass is 10.2. The summed E-state index contributed by atoms with van der Waals surface area (Å²) in [5.41, 5.74) is 0.309. The fraction of sp³-hybridized carbons (Fsp3) is 0.200. The average molecular weight is 466 g/mol. The maximum atomic E-state index is 13.8. The van der Waals surface area contributed by atoms with Gasteiger partial charge in [-0.15, -0.1) is 10.2 Å². The van der Waals surface area contributed by atoms with E-state index < -0.39 is 23.6 Å². The number of benzene rings is 2. The molecule has 2 aromatic carbocycles. The van der Waals surface area contributed by atoms with Crippen LogP contribution < -0.4 is 10.6 Å². The minimum atomic E-state index is -0.616. The Balaban J connectivity index is 1.59. The highest BCUT2D eigenvalue weighted by Crippen LogP contribution is 2.22. The molecule has 0 aliphatic heterocycles. The number of carbonyl (C=O) groups excluding carboxylic acids is 2. The lowest BCUT2D eigenvalue weighted by Crippen LogP contribution is -2.29. The predicted molar refractivity (Wildman–Crippen MR) is 114 cm³/mol. The first-order valence-corrected chi connectivity index (χ1v) is 10.4. The number of amides is 2. The number of anilines is 1. The zero-order chi connectivity index (χ0) is 22.5. The molecule has 7 nitrogen and oxygen atoms in total. The Morgan fingerprint density at radius 1 is 1.16 bits per heavy atom. The first-order valence-electron chi connectivity index (χ1n) is 9.08. The van der Waals surface area contributed by atoms with E-state index in [-0.39, 0.29) is 22.2 Å². The van der Waals surface area contributed by atoms with Crippen LogP contribution in [0.25, 0.3) is 0 Å². The average Bonchev–Trinajstić information content (AvgIpc) is 3.10. The van der Waals surface area contributed by atoms with E-state index in [0.29, 0.717) is 16.7 Å². The third-order valence-corrected chi connectivity index (χ3v) is 5.57. The molecule has 2 N–H and O–H groups in total. The summed E-state index contributed by atoms with van der Waals surface area (Å²) in [5, 5.41) is 13.8. The Morgan fingerprint density at radius 3 is 2.61 bits per heavy atom. The number of hydrogen-bond donors (Lipinski definition) is 2. The molecule has 1 heterocycles. The number of rotatable bonds is 7. The SMILES string of the molecule is C[C@@H](NC(=O)c1ccccc1F)c1nnc(SCC(=O)Nc2ccc(F)c(Cl)c2)n1C. The first-order chi connectivity index (χ1) is 14.8. The summed E-state index contributed by atoms with van der Waals surface area (Å²) in [6, 6.07) is 9.02. The molecule has 2 amide bonds. The van der Waals surface area contributed by atoms with E-state index in [1.807, 2.05) is 0 Å². The third-order valence-electron chi connectivity index (χ3n) is 4.26. The molecule has 0 unspecified atom stereocenters. The van der Waals surface area contributed by atoms with Crippen molar-refractivity contribution >= 4 is 40.9 Å². The highest BCUT2D eigenvalue weighted by molar-refractivity contribution is 7.99. The molecule has 0 aliphatic carbocycles. The van der Waals surface area contributed by atoms with Gasteiger partial charge in [0.25, 0.3) is 5.91 Å². The van der Waals surface area contributed by atoms with Crippen molar-refractivity contribution in [2.45, 2.75) is 18.1 Å². The topological polar surface area (TPSA) is 88.9 Å². The zero-order valence-corrected chi connectivity index (χ0v) is 18.1. The summed E-state index contributed by atoms with van der Waals surface area (Å²) in [6.45, 7) is 1.70. The van der Waals surface area contributed by atoms with Crippen LogP contribution in [-0.2, 0) is 11.8 Å². The second-order valence-electron chi connectivity index (χ2n) is 6.54. The van der Waals surface area contributed by atoms with Crippen molar-refractivity contribution in [3.63, 3.8) is 0 Å². The number of thioether (sulfide) groups is 1. The minimum Gasteiger partial charge on any atom is -0.342 e. The summed E-state index contributed by atoms with van der Waals surface area (Å²) in [7, 11) is 1.70. The molecule has 162 valence electrons. The van der Waals surface area contributed by atoms with Crippen LogP contribution in [0.15, 0.2) is 47.6 Å². The van der Waals surface area contributed by atoms with Gasteiger partial charge in [0.2, 0.25) is 5.91 Å². The van der Waals surface area contributed by atoms with Crippen molar-refractivity contribution in [1.29, 1.82) is 0 Å². The van der Waals surface area contributed by atoms with Crippen LogP contribution in [0.4, 0.5) is 14.5 Å². The van der Waals surface area contributed by atoms with Crippen molar-refractivity contribution < 1.29 is 18.4 Å². The van der Waals surface area contributed by atoms with E-state index in [4.69, 9.17) is 11.6 Å². The monoisotopic (exact) mass is 465 g/mol. The third kappa shape index (κ3) is 5.59. The number of halogens is 3. The van der Waals surface area contributed by atoms with Gasteiger partial charge in [0.15, 0.2) is 11.0 Å². The van der Waals surface area contributed by atoms with E-state index in [0.717, 1.165) is 17.8 Å². The largest absolute Gasteiger partial charge is 0.342 e. The number of nitrogens with zero attached hydrogens (tertiary/aromatic N) is 3. The van der Waals surface area contributed by atoms with E-state index in [1.54, 1.807) is 24.6 Å². The van der Waals surface area contributed by atoms with Gasteiger partial charge in [-0.25, -0.2) is 8.78 Å². The van der Waals surface area contributed by atoms with Gasteiger partial charge in [-0.3, -0.25) is 9.59 Å². The van der Waals surface area contributed by atoms with Gasteiger partial charge >= 0.3 is 0 Å². The van der Waals surface area contributed by atoms with Crippen LogP contribution in [0, 0.1) is 11.6 Å². The highest BCUT2D eigenvalue weighted by Gasteiger charge is 2.20. The number of carbonyl (C=O) groups is 2. The van der Waals surface area contributed by atoms with Crippen LogP contribution in [0.1, 0.15) is 29.1 Å². The molecule has 0 saturated carbocycles. The number of nitrogens with one attached hydrogen (secondary N) is 2. The quantitative estimate of drug-likeness (QED) is 0.515. The van der Waals surface area contributed by atoms with Gasteiger partial charge < -0.3 is 15.2 Å². The summed E-state index contributed by atoms with van der Waals surface area (Å²) in [4.78, 5) is 24.5. The molecule has 1 aromatic heterocycles. The van der Waals surface area contributed by atoms with Crippen LogP contribution in [-0.4, -0.2) is 32.3 Å². The Morgan fingerprint density at radius 2 is 1.90 bits per heavy atom. The molecule has 3 rings (SSSR count). The van der Waals surface area contributed by atoms with Gasteiger partial charge in [0, 0.05) is 12.7 Å². The lowest BCUT2D eigenvalue weighted by molar-refractivity contribution is -0.113. The van der Waals surface area contributed by atoms with E-state index >= 15 is 0 Å². The molecule has 0 fully saturated rings. The molecule has 0 spiro atoms. The fourth-order valence-electron chi connectivity index (χ4n) is 2.71. The lowest BCUT2D eigenvalue weighted by Gasteiger charge is -2.14. The maximum Gasteiger partial charge on any atom is 0.254 e. The van der Waals surface area contributed by atoms with Gasteiger partial charge in [-0.1, -0.05) is 35.5 Å². The smallest absolute Gasteiger partial charge is 0.254 e. The molecule has 11 heteroatoms. The van der Waals surface area contributed by atoms with Crippen molar-refractivity contribution in [3.8, 4) is 0 Å². The fourth-order valence-corrected chi connectivity index (χ4v) is 3.61. The minimum absolute atomic E-state index is 0.0247. The normalized spacial score (nSPS) is 11.8. The number of hydrogen-bond acceptors (Lipinski definition) is 5. The molecule has 0 radical (unpaired) electrons. The Kier molecular flexibility index (Phi) is 7.24. The standard InChI is InChI=1S/C20H18ClF2N5O2S/c1-11(24-19(30)13-5-3-4-6-15(13)22)18-26-27-20(28(18)2)31-10-17(29)25-12-7-8-16(23)14(21)9-12/h3-9,11H,10H2,1-2H3,(H,24,30)(H,25,29)/t11-/m1/s1. The Labute approximate surface area is 186 Å². The Hall–Kier alpha value is -2.98. The van der Waals surface area contributed by atoms with E-state index in [2.05, 4.69) is 20.8 Å². The van der Waals surface area contributed by atoms with Crippen LogP contribution in [0.2, 0.25) is 5.02 Å². The summed E-state index contributed by atoms with van der Waals surface area (Å²) < 4.78 is 28.6. The molecular weight excluding hydrogens is 448 g/mol. The zero-order valence-electron chi connectivity index (χ0n) is 16.5. The summed E-state index contributed by atoms with van der Waals surface area (Å²) >= 11 is 6.84. The number of aromatic nitrogens is 3. The summed E-state index contributed by atoms with van der Waals surface area (Å²) in [5.74, 6) is -1.63. The first kappa shape index (κ1) is 22.7. The summed E-state index contributed by atoms with van der Waals surface area (Å²) in [6.07, 6.45) is 0. The molecule has 0 saturated heterocycles. The molecule has 3 aromatic rings. The Bertz CT molecular complexity index is 1120. The molecular formula is C20H18ClF2N5O2S. The van der Waals surface area contributed by atoms with Gasteiger partial charge in [0.1, 0.15) is 11.6 Å².